The molecule has 0 saturated heterocycles. The summed E-state index contributed by atoms with van der Waals surface area (Å²) in [6, 6.07) is 0. The summed E-state index contributed by atoms with van der Waals surface area (Å²) in [5, 5.41) is 29.8. The van der Waals surface area contributed by atoms with Gasteiger partial charge in [0.1, 0.15) is 12.7 Å². The van der Waals surface area contributed by atoms with E-state index >= 15 is 0 Å². The molecular formula is C44H76O15P2. The van der Waals surface area contributed by atoms with Gasteiger partial charge in [-0.3, -0.25) is 23.2 Å². The molecule has 17 heteroatoms. The Bertz CT molecular complexity index is 1390. The molecule has 15 nitrogen and oxygen atoms in total. The average molecular weight is 907 g/mol. The summed E-state index contributed by atoms with van der Waals surface area (Å²) >= 11 is 0. The maximum Gasteiger partial charge on any atom is 0.472 e. The average Bonchev–Trinajstić information content (AvgIpc) is 3.21. The van der Waals surface area contributed by atoms with Crippen molar-refractivity contribution < 1.29 is 71.8 Å². The fraction of sp³-hybridized carbons (Fsp3) is 0.682. The second kappa shape index (κ2) is 39.1. The van der Waals surface area contributed by atoms with Crippen molar-refractivity contribution in [3.8, 4) is 0 Å². The van der Waals surface area contributed by atoms with Gasteiger partial charge in [-0.15, -0.1) is 0 Å². The van der Waals surface area contributed by atoms with Crippen molar-refractivity contribution in [2.24, 2.45) is 0 Å². The van der Waals surface area contributed by atoms with Crippen molar-refractivity contribution in [1.29, 1.82) is 0 Å². The van der Waals surface area contributed by atoms with Crippen molar-refractivity contribution in [2.75, 3.05) is 26.4 Å². The molecule has 0 spiro atoms. The van der Waals surface area contributed by atoms with Crippen molar-refractivity contribution in [2.45, 2.75) is 167 Å². The van der Waals surface area contributed by atoms with Gasteiger partial charge in [0.15, 0.2) is 6.10 Å². The van der Waals surface area contributed by atoms with Crippen LogP contribution >= 0.6 is 15.6 Å². The van der Waals surface area contributed by atoms with Crippen LogP contribution in [0.15, 0.2) is 72.9 Å². The molecular weight excluding hydrogens is 830 g/mol. The predicted octanol–water partition coefficient (Wildman–Crippen LogP) is 8.95. The zero-order valence-electron chi connectivity index (χ0n) is 36.5. The van der Waals surface area contributed by atoms with Gasteiger partial charge < -0.3 is 39.5 Å². The van der Waals surface area contributed by atoms with Gasteiger partial charge in [0.05, 0.1) is 32.0 Å². The van der Waals surface area contributed by atoms with Crippen molar-refractivity contribution in [3.63, 3.8) is 0 Å². The van der Waals surface area contributed by atoms with E-state index in [9.17, 15) is 38.9 Å². The first-order valence-corrected chi connectivity index (χ1v) is 24.9. The molecule has 0 fully saturated rings. The number of esters is 2. The van der Waals surface area contributed by atoms with Gasteiger partial charge in [0.2, 0.25) is 0 Å². The second-order valence-corrected chi connectivity index (χ2v) is 17.3. The van der Waals surface area contributed by atoms with Crippen LogP contribution in [-0.4, -0.2) is 92.8 Å². The first-order chi connectivity index (χ1) is 29.2. The normalized spacial score (nSPS) is 15.7. The molecule has 6 N–H and O–H groups in total. The van der Waals surface area contributed by atoms with Crippen LogP contribution in [0, 0.1) is 0 Å². The number of allylic oxidation sites excluding steroid dienone is 8. The van der Waals surface area contributed by atoms with Crippen LogP contribution in [0.3, 0.4) is 0 Å². The number of hydrogen-bond donors (Lipinski definition) is 6. The lowest BCUT2D eigenvalue weighted by Gasteiger charge is -2.20. The maximum atomic E-state index is 12.7. The summed E-state index contributed by atoms with van der Waals surface area (Å²) in [4.78, 5) is 52.7. The first kappa shape index (κ1) is 58.5. The van der Waals surface area contributed by atoms with Crippen LogP contribution in [0.2, 0.25) is 0 Å². The van der Waals surface area contributed by atoms with Gasteiger partial charge in [-0.2, -0.15) is 0 Å². The van der Waals surface area contributed by atoms with Gasteiger partial charge in [0.25, 0.3) is 0 Å². The van der Waals surface area contributed by atoms with E-state index in [-0.39, 0.29) is 12.8 Å². The number of phosphoric ester groups is 2. The molecule has 0 bridgehead atoms. The van der Waals surface area contributed by atoms with Crippen molar-refractivity contribution in [1.82, 2.24) is 0 Å². The Kier molecular flexibility index (Phi) is 37.5. The molecule has 0 saturated carbocycles. The number of ether oxygens (including phenoxy) is 2. The minimum absolute atomic E-state index is 0.0565. The third-order valence-electron chi connectivity index (χ3n) is 8.77. The van der Waals surface area contributed by atoms with E-state index in [1.54, 1.807) is 42.5 Å². The van der Waals surface area contributed by atoms with Crippen LogP contribution in [0.1, 0.15) is 142 Å². The molecule has 0 aromatic carbocycles. The van der Waals surface area contributed by atoms with E-state index < -0.39 is 78.4 Å². The molecule has 0 aliphatic rings. The lowest BCUT2D eigenvalue weighted by Crippen LogP contribution is -2.29. The number of rotatable bonds is 40. The van der Waals surface area contributed by atoms with Gasteiger partial charge in [-0.1, -0.05) is 164 Å². The molecule has 0 aliphatic carbocycles. The molecule has 0 aromatic rings. The lowest BCUT2D eigenvalue weighted by atomic mass is 10.0. The van der Waals surface area contributed by atoms with E-state index in [0.717, 1.165) is 25.7 Å². The van der Waals surface area contributed by atoms with E-state index in [0.29, 0.717) is 32.1 Å². The Balaban J connectivity index is 4.78. The highest BCUT2D eigenvalue weighted by Crippen LogP contribution is 2.43. The molecule has 352 valence electrons. The minimum Gasteiger partial charge on any atom is -0.462 e. The Morgan fingerprint density at radius 1 is 0.574 bits per heavy atom. The zero-order chi connectivity index (χ0) is 45.5. The highest BCUT2D eigenvalue weighted by Gasteiger charge is 2.28. The Morgan fingerprint density at radius 2 is 1.13 bits per heavy atom. The zero-order valence-corrected chi connectivity index (χ0v) is 38.2. The predicted molar refractivity (Wildman–Crippen MR) is 237 cm³/mol. The topological polar surface area (TPSA) is 236 Å². The van der Waals surface area contributed by atoms with E-state index in [1.165, 1.54) is 57.8 Å². The van der Waals surface area contributed by atoms with E-state index in [2.05, 4.69) is 16.0 Å². The van der Waals surface area contributed by atoms with E-state index in [4.69, 9.17) is 23.8 Å². The van der Waals surface area contributed by atoms with Crippen molar-refractivity contribution in [3.05, 3.63) is 72.9 Å². The SMILES string of the molecule is CC/C=C\C[C@H](O)/C=C/C=C\C/C=C\C=C\[C@H](O)/C=C\CCCC(=O)O[C@H](COC(=O)CCCCCCCCCCCCCCC)COP(=O)(O)OC[C@@H](O)COP(=O)(O)O. The van der Waals surface area contributed by atoms with Crippen LogP contribution in [0.5, 0.6) is 0 Å². The fourth-order valence-corrected chi connectivity index (χ4v) is 6.60. The summed E-state index contributed by atoms with van der Waals surface area (Å²) in [6.07, 6.45) is 35.4. The van der Waals surface area contributed by atoms with Crippen LogP contribution in [-0.2, 0) is 41.8 Å². The van der Waals surface area contributed by atoms with Crippen molar-refractivity contribution >= 4 is 27.6 Å². The standard InChI is InChI=1S/C44H76O15P2/c1-3-5-7-8-9-10-11-12-13-14-18-21-27-33-43(48)55-37-42(38-58-61(53,54)57-36-41(47)35-56-60(50,51)52)59-44(49)34-28-22-26-32-40(46)31-25-20-17-15-16-19-24-30-39(45)29-23-6-4-2/h6,16-17,19-20,23-26,30-32,39-42,45-47H,3-5,7-15,18,21-22,27-29,33-38H2,1-2H3,(H,53,54)(H2,50,51,52)/b19-16-,20-17-,23-6-,30-24+,31-25+,32-26-/t39-,40-,41-,42+/m0/s1. The number of carbonyl (C=O) groups is 2. The Labute approximate surface area is 364 Å². The Morgan fingerprint density at radius 3 is 1.74 bits per heavy atom. The van der Waals surface area contributed by atoms with Crippen LogP contribution in [0.25, 0.3) is 0 Å². The molecule has 0 aliphatic heterocycles. The molecule has 0 radical (unpaired) electrons. The highest BCUT2D eigenvalue weighted by atomic mass is 31.2. The van der Waals surface area contributed by atoms with Gasteiger partial charge in [-0.05, 0) is 38.5 Å². The number of hydrogen-bond acceptors (Lipinski definition) is 12. The highest BCUT2D eigenvalue weighted by molar-refractivity contribution is 7.47. The summed E-state index contributed by atoms with van der Waals surface area (Å²) in [5.41, 5.74) is 0. The molecule has 0 rings (SSSR count). The number of aliphatic hydroxyl groups is 3. The third-order valence-corrected chi connectivity index (χ3v) is 10.2. The maximum absolute atomic E-state index is 12.7. The summed E-state index contributed by atoms with van der Waals surface area (Å²) in [6.45, 7) is 1.34. The molecule has 0 aromatic heterocycles. The number of unbranched alkanes of at least 4 members (excludes halogenated alkanes) is 13. The molecule has 0 heterocycles. The molecule has 1 unspecified atom stereocenters. The summed E-state index contributed by atoms with van der Waals surface area (Å²) in [5.74, 6) is -1.22. The lowest BCUT2D eigenvalue weighted by molar-refractivity contribution is -0.161. The quantitative estimate of drug-likeness (QED) is 0.0111. The molecule has 5 atom stereocenters. The number of phosphoric acid groups is 2. The Hall–Kier alpha value is -2.52. The molecule has 61 heavy (non-hydrogen) atoms. The fourth-order valence-electron chi connectivity index (χ4n) is 5.44. The number of aliphatic hydroxyl groups excluding tert-OH is 3. The van der Waals surface area contributed by atoms with Gasteiger partial charge in [0, 0.05) is 12.8 Å². The largest absolute Gasteiger partial charge is 0.472 e. The summed E-state index contributed by atoms with van der Waals surface area (Å²) < 4.78 is 47.6. The van der Waals surface area contributed by atoms with Gasteiger partial charge >= 0.3 is 27.6 Å². The van der Waals surface area contributed by atoms with Crippen LogP contribution in [0.4, 0.5) is 0 Å². The number of carbonyl (C=O) groups excluding carboxylic acids is 2. The van der Waals surface area contributed by atoms with Gasteiger partial charge in [-0.25, -0.2) is 9.13 Å². The van der Waals surface area contributed by atoms with E-state index in [1.807, 2.05) is 37.3 Å². The monoisotopic (exact) mass is 906 g/mol. The first-order valence-electron chi connectivity index (χ1n) is 21.9. The minimum atomic E-state index is -4.89. The second-order valence-electron chi connectivity index (χ2n) is 14.6. The summed E-state index contributed by atoms with van der Waals surface area (Å²) in [7, 11) is -9.75. The smallest absolute Gasteiger partial charge is 0.462 e. The molecule has 0 amide bonds. The van der Waals surface area contributed by atoms with Crippen LogP contribution < -0.4 is 0 Å². The third kappa shape index (κ3) is 42.6.